The first kappa shape index (κ1) is 33.9. The molecule has 45 heavy (non-hydrogen) atoms. The minimum Gasteiger partial charge on any atom is -0.330 e. The van der Waals surface area contributed by atoms with Gasteiger partial charge in [0.2, 0.25) is 5.69 Å². The molecule has 4 rings (SSSR count). The van der Waals surface area contributed by atoms with Crippen LogP contribution >= 0.6 is 0 Å². The van der Waals surface area contributed by atoms with Crippen LogP contribution in [0.2, 0.25) is 0 Å². The van der Waals surface area contributed by atoms with Crippen molar-refractivity contribution in [3.8, 4) is 0 Å². The summed E-state index contributed by atoms with van der Waals surface area (Å²) < 4.78 is 35.7. The van der Waals surface area contributed by atoms with Gasteiger partial charge in [0.05, 0.1) is 10.3 Å². The van der Waals surface area contributed by atoms with Gasteiger partial charge < -0.3 is 9.68 Å². The summed E-state index contributed by atoms with van der Waals surface area (Å²) in [6.07, 6.45) is 4.42. The Bertz CT molecular complexity index is 1520. The highest BCUT2D eigenvalue weighted by Crippen LogP contribution is 2.44. The fraction of sp³-hybridized carbons (Fsp3) is 0.567. The maximum absolute atomic E-state index is 12.1. The number of carbonyl (C=O) groups is 6. The van der Waals surface area contributed by atoms with Crippen molar-refractivity contribution in [1.82, 2.24) is 10.1 Å². The molecule has 0 bridgehead atoms. The van der Waals surface area contributed by atoms with Gasteiger partial charge in [-0.15, -0.1) is 10.1 Å². The second kappa shape index (κ2) is 14.0. The Labute approximate surface area is 261 Å². The van der Waals surface area contributed by atoms with Crippen LogP contribution in [0.1, 0.15) is 103 Å². The molecule has 0 aromatic heterocycles. The molecular formula is C30H38N3O11S+. The van der Waals surface area contributed by atoms with Crippen LogP contribution in [-0.4, -0.2) is 75.5 Å². The minimum absolute atomic E-state index is 0.0260. The Morgan fingerprint density at radius 2 is 1.31 bits per heavy atom. The van der Waals surface area contributed by atoms with Crippen molar-refractivity contribution >= 4 is 57.1 Å². The quantitative estimate of drug-likeness (QED) is 0.128. The summed E-state index contributed by atoms with van der Waals surface area (Å²) >= 11 is 0. The first-order chi connectivity index (χ1) is 21.2. The van der Waals surface area contributed by atoms with Gasteiger partial charge in [0.15, 0.2) is 5.71 Å². The lowest BCUT2D eigenvalue weighted by Gasteiger charge is -2.22. The number of amides is 4. The second-order valence-corrected chi connectivity index (χ2v) is 13.1. The number of hydrogen-bond acceptors (Lipinski definition) is 10. The number of fused-ring (bicyclic) bond motifs is 1. The van der Waals surface area contributed by atoms with E-state index >= 15 is 0 Å². The Morgan fingerprint density at radius 3 is 1.80 bits per heavy atom. The van der Waals surface area contributed by atoms with Crippen molar-refractivity contribution in [3.05, 3.63) is 23.8 Å². The molecule has 2 saturated heterocycles. The van der Waals surface area contributed by atoms with Crippen molar-refractivity contribution in [2.24, 2.45) is 0 Å². The van der Waals surface area contributed by atoms with Crippen LogP contribution in [0, 0.1) is 0 Å². The van der Waals surface area contributed by atoms with E-state index in [4.69, 9.17) is 9.68 Å². The van der Waals surface area contributed by atoms with Gasteiger partial charge in [-0.25, -0.2) is 9.59 Å². The molecule has 244 valence electrons. The highest BCUT2D eigenvalue weighted by molar-refractivity contribution is 7.85. The number of carbonyl (C=O) groups excluding carboxylic acids is 6. The fourth-order valence-corrected chi connectivity index (χ4v) is 6.39. The third-order valence-electron chi connectivity index (χ3n) is 8.57. The van der Waals surface area contributed by atoms with Gasteiger partial charge in [-0.1, -0.05) is 12.8 Å². The van der Waals surface area contributed by atoms with Crippen LogP contribution in [0.15, 0.2) is 23.1 Å². The third-order valence-corrected chi connectivity index (χ3v) is 9.42. The summed E-state index contributed by atoms with van der Waals surface area (Å²) in [4.78, 5) is 80.4. The molecule has 1 atom stereocenters. The van der Waals surface area contributed by atoms with E-state index in [-0.39, 0.29) is 43.4 Å². The molecule has 1 N–H and O–H groups in total. The number of unbranched alkanes of at least 4 members (excludes halogenated alkanes) is 4. The SMILES string of the molecule is CC1=[N+](CCCCCC(=O)ON2C(=O)CCC2=O)c2ccc(S(=O)(=O)O)cc2C1(C)CCCCCC(=O)ON1C(=O)CCC1=O. The van der Waals surface area contributed by atoms with Gasteiger partial charge >= 0.3 is 11.9 Å². The molecule has 0 radical (unpaired) electrons. The zero-order valence-electron chi connectivity index (χ0n) is 25.4. The van der Waals surface area contributed by atoms with Crippen molar-refractivity contribution < 1.29 is 56.0 Å². The predicted octanol–water partition coefficient (Wildman–Crippen LogP) is 3.03. The largest absolute Gasteiger partial charge is 0.333 e. The number of imide groups is 2. The molecular weight excluding hydrogens is 610 g/mol. The van der Waals surface area contributed by atoms with E-state index in [1.807, 2.05) is 13.8 Å². The molecule has 4 amide bonds. The molecule has 15 heteroatoms. The van der Waals surface area contributed by atoms with Gasteiger partial charge in [0.1, 0.15) is 6.54 Å². The highest BCUT2D eigenvalue weighted by atomic mass is 32.2. The summed E-state index contributed by atoms with van der Waals surface area (Å²) in [7, 11) is -4.43. The Morgan fingerprint density at radius 1 is 0.822 bits per heavy atom. The monoisotopic (exact) mass is 648 g/mol. The normalized spacial score (nSPS) is 20.0. The highest BCUT2D eigenvalue weighted by Gasteiger charge is 2.46. The van der Waals surface area contributed by atoms with Crippen LogP contribution in [0.25, 0.3) is 0 Å². The first-order valence-electron chi connectivity index (χ1n) is 15.1. The van der Waals surface area contributed by atoms with Gasteiger partial charge in [-0.05, 0) is 44.7 Å². The van der Waals surface area contributed by atoms with Crippen molar-refractivity contribution in [3.63, 3.8) is 0 Å². The average Bonchev–Trinajstić information content (AvgIpc) is 3.54. The van der Waals surface area contributed by atoms with Crippen molar-refractivity contribution in [1.29, 1.82) is 0 Å². The van der Waals surface area contributed by atoms with Crippen molar-refractivity contribution in [2.45, 2.75) is 108 Å². The molecule has 1 aromatic rings. The molecule has 0 saturated carbocycles. The average molecular weight is 649 g/mol. The smallest absolute Gasteiger partial charge is 0.330 e. The van der Waals surface area contributed by atoms with Crippen LogP contribution in [0.3, 0.4) is 0 Å². The zero-order chi connectivity index (χ0) is 32.9. The van der Waals surface area contributed by atoms with E-state index in [0.717, 1.165) is 17.0 Å². The molecule has 3 aliphatic heterocycles. The zero-order valence-corrected chi connectivity index (χ0v) is 26.2. The van der Waals surface area contributed by atoms with Gasteiger partial charge in [-0.3, -0.25) is 23.7 Å². The molecule has 1 aromatic carbocycles. The standard InChI is InChI=1S/C30H37N3O11S/c1-20-30(2,17-7-3-5-9-28(38)43-32-24(34)13-14-25(32)35)22-19-21(45(40,41)42)11-12-23(22)31(20)18-8-4-6-10-29(39)44-33-26(36)15-16-27(33)37/h11-12,19H,3-10,13-18H2,1-2H3/p+1. The van der Waals surface area contributed by atoms with E-state index in [1.54, 1.807) is 6.07 Å². The number of hydrogen-bond donors (Lipinski definition) is 1. The molecule has 0 spiro atoms. The fourth-order valence-electron chi connectivity index (χ4n) is 5.88. The Hall–Kier alpha value is -3.98. The van der Waals surface area contributed by atoms with Crippen LogP contribution < -0.4 is 0 Å². The number of nitrogens with zero attached hydrogens (tertiary/aromatic N) is 3. The van der Waals surface area contributed by atoms with E-state index in [1.165, 1.54) is 12.1 Å². The number of hydroxylamine groups is 4. The lowest BCUT2D eigenvalue weighted by molar-refractivity contribution is -0.439. The van der Waals surface area contributed by atoms with E-state index < -0.39 is 51.1 Å². The summed E-state index contributed by atoms with van der Waals surface area (Å²) in [6.45, 7) is 4.55. The number of benzene rings is 1. The van der Waals surface area contributed by atoms with Crippen LogP contribution in [-0.2, 0) is 54.0 Å². The molecule has 3 heterocycles. The van der Waals surface area contributed by atoms with E-state index in [9.17, 15) is 41.7 Å². The summed E-state index contributed by atoms with van der Waals surface area (Å²) in [5, 5.41) is 1.07. The first-order valence-corrected chi connectivity index (χ1v) is 16.5. The van der Waals surface area contributed by atoms with Crippen LogP contribution in [0.4, 0.5) is 5.69 Å². The third kappa shape index (κ3) is 7.82. The molecule has 1 unspecified atom stereocenters. The lowest BCUT2D eigenvalue weighted by atomic mass is 9.76. The Balaban J connectivity index is 1.33. The maximum Gasteiger partial charge on any atom is 0.333 e. The Kier molecular flexibility index (Phi) is 10.5. The van der Waals surface area contributed by atoms with Gasteiger partial charge in [0, 0.05) is 63.5 Å². The summed E-state index contributed by atoms with van der Waals surface area (Å²) in [5.41, 5.74) is 1.99. The predicted molar refractivity (Wildman–Crippen MR) is 155 cm³/mol. The summed E-state index contributed by atoms with van der Waals surface area (Å²) in [5.74, 6) is -3.42. The maximum atomic E-state index is 12.1. The van der Waals surface area contributed by atoms with Gasteiger partial charge in [0.25, 0.3) is 33.7 Å². The molecule has 0 aliphatic carbocycles. The summed E-state index contributed by atoms with van der Waals surface area (Å²) in [6, 6.07) is 4.52. The molecule has 2 fully saturated rings. The molecule has 14 nitrogen and oxygen atoms in total. The van der Waals surface area contributed by atoms with E-state index in [0.29, 0.717) is 61.6 Å². The second-order valence-electron chi connectivity index (χ2n) is 11.7. The van der Waals surface area contributed by atoms with Crippen LogP contribution in [0.5, 0.6) is 0 Å². The molecule has 3 aliphatic rings. The van der Waals surface area contributed by atoms with Crippen molar-refractivity contribution in [2.75, 3.05) is 6.54 Å². The lowest BCUT2D eigenvalue weighted by Crippen LogP contribution is -2.32. The van der Waals surface area contributed by atoms with E-state index in [2.05, 4.69) is 4.58 Å². The number of rotatable bonds is 15. The minimum atomic E-state index is -4.43. The topological polar surface area (TPSA) is 185 Å². The van der Waals surface area contributed by atoms with Gasteiger partial charge in [-0.2, -0.15) is 13.0 Å².